The zero-order valence-corrected chi connectivity index (χ0v) is 10.7. The molecule has 1 saturated heterocycles. The van der Waals surface area contributed by atoms with Gasteiger partial charge in [-0.1, -0.05) is 23.2 Å². The predicted octanol–water partition coefficient (Wildman–Crippen LogP) is 3.51. The third-order valence-corrected chi connectivity index (χ3v) is 3.44. The number of hydrogen-bond acceptors (Lipinski definition) is 2. The van der Waals surface area contributed by atoms with Crippen molar-refractivity contribution in [1.82, 2.24) is 5.32 Å². The molecule has 0 aromatic heterocycles. The van der Waals surface area contributed by atoms with Crippen LogP contribution in [-0.2, 0) is 0 Å². The molecule has 0 unspecified atom stereocenters. The molecule has 1 aliphatic heterocycles. The van der Waals surface area contributed by atoms with Gasteiger partial charge in [-0.25, -0.2) is 0 Å². The molecule has 0 aliphatic carbocycles. The molecule has 1 aliphatic rings. The van der Waals surface area contributed by atoms with E-state index in [4.69, 9.17) is 27.9 Å². The Morgan fingerprint density at radius 2 is 1.94 bits per heavy atom. The van der Waals surface area contributed by atoms with Gasteiger partial charge in [0.05, 0.1) is 5.02 Å². The molecular weight excluding hydrogens is 245 g/mol. The second kappa shape index (κ2) is 4.82. The van der Waals surface area contributed by atoms with Crippen molar-refractivity contribution in [2.24, 2.45) is 0 Å². The number of benzene rings is 1. The summed E-state index contributed by atoms with van der Waals surface area (Å²) >= 11 is 11.9. The first-order valence-corrected chi connectivity index (χ1v) is 6.19. The maximum absolute atomic E-state index is 6.09. The average molecular weight is 260 g/mol. The first-order valence-electron chi connectivity index (χ1n) is 5.44. The molecule has 0 saturated carbocycles. The molecule has 1 fully saturated rings. The molecule has 0 radical (unpaired) electrons. The van der Waals surface area contributed by atoms with Crippen molar-refractivity contribution in [3.8, 4) is 5.75 Å². The molecule has 1 aromatic carbocycles. The predicted molar refractivity (Wildman–Crippen MR) is 67.6 cm³/mol. The summed E-state index contributed by atoms with van der Waals surface area (Å²) in [5.41, 5.74) is -0.122. The van der Waals surface area contributed by atoms with E-state index in [0.29, 0.717) is 10.0 Å². The topological polar surface area (TPSA) is 21.3 Å². The third kappa shape index (κ3) is 2.82. The molecule has 0 spiro atoms. The fourth-order valence-electron chi connectivity index (χ4n) is 1.88. The highest BCUT2D eigenvalue weighted by molar-refractivity contribution is 6.35. The molecule has 2 nitrogen and oxygen atoms in total. The van der Waals surface area contributed by atoms with Crippen LogP contribution in [0, 0.1) is 0 Å². The lowest BCUT2D eigenvalue weighted by Crippen LogP contribution is -2.43. The van der Waals surface area contributed by atoms with E-state index in [1.807, 2.05) is 6.07 Å². The molecule has 4 heteroatoms. The highest BCUT2D eigenvalue weighted by Crippen LogP contribution is 2.33. The van der Waals surface area contributed by atoms with Gasteiger partial charge in [0.2, 0.25) is 0 Å². The minimum atomic E-state index is -0.122. The Balaban J connectivity index is 2.13. The van der Waals surface area contributed by atoms with E-state index in [1.54, 1.807) is 12.1 Å². The smallest absolute Gasteiger partial charge is 0.138 e. The van der Waals surface area contributed by atoms with Gasteiger partial charge in [-0.2, -0.15) is 0 Å². The zero-order chi connectivity index (χ0) is 11.6. The largest absolute Gasteiger partial charge is 0.486 e. The van der Waals surface area contributed by atoms with E-state index in [1.165, 1.54) is 0 Å². The Morgan fingerprint density at radius 1 is 1.25 bits per heavy atom. The standard InChI is InChI=1S/C12H15Cl2NO/c1-12(4-6-15-7-5-12)16-11-3-2-9(13)8-10(11)14/h2-3,8,15H,4-7H2,1H3. The van der Waals surface area contributed by atoms with Gasteiger partial charge in [0.1, 0.15) is 11.4 Å². The van der Waals surface area contributed by atoms with Crippen molar-refractivity contribution >= 4 is 23.2 Å². The summed E-state index contributed by atoms with van der Waals surface area (Å²) in [5.74, 6) is 0.718. The molecule has 2 rings (SSSR count). The summed E-state index contributed by atoms with van der Waals surface area (Å²) in [6.07, 6.45) is 1.98. The molecule has 0 amide bonds. The van der Waals surface area contributed by atoms with E-state index in [2.05, 4.69) is 12.2 Å². The minimum absolute atomic E-state index is 0.122. The first kappa shape index (κ1) is 12.0. The molecular formula is C12H15Cl2NO. The van der Waals surface area contributed by atoms with Crippen molar-refractivity contribution in [3.05, 3.63) is 28.2 Å². The third-order valence-electron chi connectivity index (χ3n) is 2.91. The van der Waals surface area contributed by atoms with Gasteiger partial charge >= 0.3 is 0 Å². The van der Waals surface area contributed by atoms with E-state index in [0.717, 1.165) is 31.7 Å². The fraction of sp³-hybridized carbons (Fsp3) is 0.500. The van der Waals surface area contributed by atoms with Crippen molar-refractivity contribution in [2.45, 2.75) is 25.4 Å². The molecule has 0 bridgehead atoms. The monoisotopic (exact) mass is 259 g/mol. The Bertz CT molecular complexity index is 375. The van der Waals surface area contributed by atoms with Crippen LogP contribution in [0.3, 0.4) is 0 Å². The minimum Gasteiger partial charge on any atom is -0.486 e. The van der Waals surface area contributed by atoms with Gasteiger partial charge in [0, 0.05) is 5.02 Å². The summed E-state index contributed by atoms with van der Waals surface area (Å²) in [4.78, 5) is 0. The highest BCUT2D eigenvalue weighted by atomic mass is 35.5. The molecule has 0 atom stereocenters. The lowest BCUT2D eigenvalue weighted by Gasteiger charge is -2.34. The van der Waals surface area contributed by atoms with E-state index < -0.39 is 0 Å². The van der Waals surface area contributed by atoms with Crippen molar-refractivity contribution in [3.63, 3.8) is 0 Å². The van der Waals surface area contributed by atoms with Gasteiger partial charge in [0.15, 0.2) is 0 Å². The van der Waals surface area contributed by atoms with Crippen LogP contribution in [-0.4, -0.2) is 18.7 Å². The van der Waals surface area contributed by atoms with Crippen molar-refractivity contribution in [1.29, 1.82) is 0 Å². The normalized spacial score (nSPS) is 19.4. The van der Waals surface area contributed by atoms with E-state index >= 15 is 0 Å². The Hall–Kier alpha value is -0.440. The lowest BCUT2D eigenvalue weighted by atomic mass is 9.94. The second-order valence-electron chi connectivity index (χ2n) is 4.38. The van der Waals surface area contributed by atoms with Crippen LogP contribution in [0.1, 0.15) is 19.8 Å². The summed E-state index contributed by atoms with van der Waals surface area (Å²) in [6, 6.07) is 5.34. The number of halogens is 2. The number of piperidine rings is 1. The number of nitrogens with one attached hydrogen (secondary N) is 1. The highest BCUT2D eigenvalue weighted by Gasteiger charge is 2.29. The maximum Gasteiger partial charge on any atom is 0.138 e. The Kier molecular flexibility index (Phi) is 3.63. The first-order chi connectivity index (χ1) is 7.59. The number of rotatable bonds is 2. The number of hydrogen-bond donors (Lipinski definition) is 1. The molecule has 1 N–H and O–H groups in total. The quantitative estimate of drug-likeness (QED) is 0.878. The molecule has 1 heterocycles. The van der Waals surface area contributed by atoms with Crippen LogP contribution in [0.5, 0.6) is 5.75 Å². The summed E-state index contributed by atoms with van der Waals surface area (Å²) < 4.78 is 6.00. The van der Waals surface area contributed by atoms with Crippen LogP contribution in [0.15, 0.2) is 18.2 Å². The van der Waals surface area contributed by atoms with Gasteiger partial charge in [-0.15, -0.1) is 0 Å². The van der Waals surface area contributed by atoms with Crippen molar-refractivity contribution in [2.75, 3.05) is 13.1 Å². The molecule has 16 heavy (non-hydrogen) atoms. The second-order valence-corrected chi connectivity index (χ2v) is 5.22. The summed E-state index contributed by atoms with van der Waals surface area (Å²) in [6.45, 7) is 4.10. The SMILES string of the molecule is CC1(Oc2ccc(Cl)cc2Cl)CCNCC1. The summed E-state index contributed by atoms with van der Waals surface area (Å²) in [7, 11) is 0. The van der Waals surface area contributed by atoms with Gasteiger partial charge < -0.3 is 10.1 Å². The van der Waals surface area contributed by atoms with Crippen LogP contribution in [0.25, 0.3) is 0 Å². The van der Waals surface area contributed by atoms with Crippen LogP contribution < -0.4 is 10.1 Å². The average Bonchev–Trinajstić information content (AvgIpc) is 2.23. The van der Waals surface area contributed by atoms with Crippen molar-refractivity contribution < 1.29 is 4.74 Å². The van der Waals surface area contributed by atoms with Crippen LogP contribution in [0.4, 0.5) is 0 Å². The molecule has 88 valence electrons. The number of ether oxygens (including phenoxy) is 1. The Labute approximate surface area is 106 Å². The fourth-order valence-corrected chi connectivity index (χ4v) is 2.33. The van der Waals surface area contributed by atoms with Crippen LogP contribution in [0.2, 0.25) is 10.0 Å². The van der Waals surface area contributed by atoms with Gasteiger partial charge in [-0.3, -0.25) is 0 Å². The van der Waals surface area contributed by atoms with E-state index in [9.17, 15) is 0 Å². The van der Waals surface area contributed by atoms with Crippen LogP contribution >= 0.6 is 23.2 Å². The van der Waals surface area contributed by atoms with Gasteiger partial charge in [-0.05, 0) is 51.1 Å². The Morgan fingerprint density at radius 3 is 2.56 bits per heavy atom. The lowest BCUT2D eigenvalue weighted by molar-refractivity contribution is 0.0557. The zero-order valence-electron chi connectivity index (χ0n) is 9.22. The van der Waals surface area contributed by atoms with E-state index in [-0.39, 0.29) is 5.60 Å². The maximum atomic E-state index is 6.09. The van der Waals surface area contributed by atoms with Gasteiger partial charge in [0.25, 0.3) is 0 Å². The summed E-state index contributed by atoms with van der Waals surface area (Å²) in [5, 5.41) is 4.52. The molecule has 1 aromatic rings.